The van der Waals surface area contributed by atoms with Gasteiger partial charge in [0.25, 0.3) is 0 Å². The molecule has 1 fully saturated rings. The van der Waals surface area contributed by atoms with Gasteiger partial charge >= 0.3 is 0 Å². The lowest BCUT2D eigenvalue weighted by atomic mass is 10.1. The third kappa shape index (κ3) is 3.55. The molecule has 0 radical (unpaired) electrons. The smallest absolute Gasteiger partial charge is 0.150 e. The minimum atomic E-state index is 0.523. The Labute approximate surface area is 115 Å². The van der Waals surface area contributed by atoms with E-state index in [1.54, 1.807) is 7.11 Å². The van der Waals surface area contributed by atoms with Gasteiger partial charge in [0.1, 0.15) is 6.29 Å². The second-order valence-electron chi connectivity index (χ2n) is 5.03. The van der Waals surface area contributed by atoms with Crippen molar-refractivity contribution in [1.29, 1.82) is 0 Å². The number of hydrogen-bond acceptors (Lipinski definition) is 4. The second kappa shape index (κ2) is 6.68. The zero-order valence-electron chi connectivity index (χ0n) is 11.7. The lowest BCUT2D eigenvalue weighted by Gasteiger charge is -2.41. The molecule has 1 saturated heterocycles. The van der Waals surface area contributed by atoms with Crippen molar-refractivity contribution in [3.63, 3.8) is 0 Å². The molecule has 1 aliphatic rings. The summed E-state index contributed by atoms with van der Waals surface area (Å²) in [6.07, 6.45) is 0.884. The molecule has 1 atom stereocenters. The molecule has 1 aromatic rings. The zero-order valence-corrected chi connectivity index (χ0v) is 11.7. The van der Waals surface area contributed by atoms with E-state index in [0.29, 0.717) is 6.04 Å². The summed E-state index contributed by atoms with van der Waals surface area (Å²) in [5.41, 5.74) is 1.93. The summed E-state index contributed by atoms with van der Waals surface area (Å²) in [6, 6.07) is 8.34. The highest BCUT2D eigenvalue weighted by atomic mass is 16.5. The van der Waals surface area contributed by atoms with Crippen LogP contribution in [0.15, 0.2) is 24.3 Å². The largest absolute Gasteiger partial charge is 0.383 e. The predicted molar refractivity (Wildman–Crippen MR) is 77.0 cm³/mol. The number of benzene rings is 1. The van der Waals surface area contributed by atoms with Gasteiger partial charge in [0.15, 0.2) is 0 Å². The van der Waals surface area contributed by atoms with Crippen LogP contribution in [0.2, 0.25) is 0 Å². The number of anilines is 1. The average Bonchev–Trinajstić information content (AvgIpc) is 2.46. The van der Waals surface area contributed by atoms with E-state index in [1.807, 2.05) is 24.3 Å². The Hall–Kier alpha value is -1.39. The van der Waals surface area contributed by atoms with E-state index in [-0.39, 0.29) is 0 Å². The fourth-order valence-electron chi connectivity index (χ4n) is 2.53. The Morgan fingerprint density at radius 2 is 2.05 bits per heavy atom. The highest BCUT2D eigenvalue weighted by molar-refractivity contribution is 5.75. The first-order valence-electron chi connectivity index (χ1n) is 6.77. The number of piperazine rings is 1. The molecule has 0 bridgehead atoms. The van der Waals surface area contributed by atoms with Crippen LogP contribution in [-0.2, 0) is 4.74 Å². The third-order valence-corrected chi connectivity index (χ3v) is 3.74. The van der Waals surface area contributed by atoms with Crippen LogP contribution >= 0.6 is 0 Å². The van der Waals surface area contributed by atoms with E-state index in [0.717, 1.165) is 44.6 Å². The number of ether oxygens (including phenoxy) is 1. The Balaban J connectivity index is 1.94. The molecule has 0 aliphatic carbocycles. The molecule has 0 N–H and O–H groups in total. The minimum absolute atomic E-state index is 0.523. The SMILES string of the molecule is COCCN1CCN(c2ccc(C=O)cc2)CC1C. The highest BCUT2D eigenvalue weighted by Crippen LogP contribution is 2.19. The molecule has 0 aromatic heterocycles. The molecular formula is C15H22N2O2. The van der Waals surface area contributed by atoms with Crippen LogP contribution in [0.1, 0.15) is 17.3 Å². The third-order valence-electron chi connectivity index (χ3n) is 3.74. The van der Waals surface area contributed by atoms with Gasteiger partial charge in [-0.05, 0) is 31.2 Å². The van der Waals surface area contributed by atoms with Crippen LogP contribution in [0.3, 0.4) is 0 Å². The fourth-order valence-corrected chi connectivity index (χ4v) is 2.53. The number of methoxy groups -OCH3 is 1. The molecule has 4 nitrogen and oxygen atoms in total. The maximum absolute atomic E-state index is 10.7. The van der Waals surface area contributed by atoms with Crippen molar-refractivity contribution in [1.82, 2.24) is 4.90 Å². The van der Waals surface area contributed by atoms with Gasteiger partial charge < -0.3 is 9.64 Å². The quantitative estimate of drug-likeness (QED) is 0.756. The maximum Gasteiger partial charge on any atom is 0.150 e. The molecule has 1 heterocycles. The first kappa shape index (κ1) is 14.0. The van der Waals surface area contributed by atoms with Crippen LogP contribution in [0.5, 0.6) is 0 Å². The summed E-state index contributed by atoms with van der Waals surface area (Å²) in [7, 11) is 1.75. The first-order chi connectivity index (χ1) is 9.24. The Bertz CT molecular complexity index is 405. The van der Waals surface area contributed by atoms with Gasteiger partial charge in [-0.25, -0.2) is 0 Å². The topological polar surface area (TPSA) is 32.8 Å². The second-order valence-corrected chi connectivity index (χ2v) is 5.03. The standard InChI is InChI=1S/C15H22N2O2/c1-13-11-17(8-7-16(13)9-10-19-2)15-5-3-14(12-18)4-6-15/h3-6,12-13H,7-11H2,1-2H3. The van der Waals surface area contributed by atoms with Crippen molar-refractivity contribution in [2.24, 2.45) is 0 Å². The molecule has 0 saturated carbocycles. The van der Waals surface area contributed by atoms with Crippen LogP contribution in [0.25, 0.3) is 0 Å². The summed E-state index contributed by atoms with van der Waals surface area (Å²) < 4.78 is 5.14. The van der Waals surface area contributed by atoms with Gasteiger partial charge in [0.2, 0.25) is 0 Å². The number of carbonyl (C=O) groups is 1. The molecule has 0 amide bonds. The Morgan fingerprint density at radius 3 is 2.63 bits per heavy atom. The van der Waals surface area contributed by atoms with Gasteiger partial charge in [0.05, 0.1) is 6.61 Å². The normalized spacial score (nSPS) is 20.5. The predicted octanol–water partition coefficient (Wildman–Crippen LogP) is 1.66. The molecule has 1 aromatic carbocycles. The summed E-state index contributed by atoms with van der Waals surface area (Å²) in [5, 5.41) is 0. The lowest BCUT2D eigenvalue weighted by Crippen LogP contribution is -2.52. The molecule has 2 rings (SSSR count). The fraction of sp³-hybridized carbons (Fsp3) is 0.533. The number of rotatable bonds is 5. The molecule has 0 spiro atoms. The van der Waals surface area contributed by atoms with Crippen molar-refractivity contribution in [2.75, 3.05) is 44.8 Å². The summed E-state index contributed by atoms with van der Waals surface area (Å²) >= 11 is 0. The number of nitrogens with zero attached hydrogens (tertiary/aromatic N) is 2. The van der Waals surface area contributed by atoms with E-state index < -0.39 is 0 Å². The molecule has 4 heteroatoms. The first-order valence-corrected chi connectivity index (χ1v) is 6.77. The Kier molecular flexibility index (Phi) is 4.93. The van der Waals surface area contributed by atoms with Crippen LogP contribution in [0.4, 0.5) is 5.69 Å². The van der Waals surface area contributed by atoms with E-state index in [1.165, 1.54) is 5.69 Å². The van der Waals surface area contributed by atoms with Crippen molar-refractivity contribution in [3.05, 3.63) is 29.8 Å². The van der Waals surface area contributed by atoms with Crippen molar-refractivity contribution in [3.8, 4) is 0 Å². The van der Waals surface area contributed by atoms with Crippen molar-refractivity contribution < 1.29 is 9.53 Å². The van der Waals surface area contributed by atoms with Gasteiger partial charge in [-0.2, -0.15) is 0 Å². The van der Waals surface area contributed by atoms with Crippen LogP contribution < -0.4 is 4.90 Å². The minimum Gasteiger partial charge on any atom is -0.383 e. The number of hydrogen-bond donors (Lipinski definition) is 0. The molecule has 19 heavy (non-hydrogen) atoms. The number of carbonyl (C=O) groups excluding carboxylic acids is 1. The summed E-state index contributed by atoms with van der Waals surface area (Å²) in [5.74, 6) is 0. The summed E-state index contributed by atoms with van der Waals surface area (Å²) in [6.45, 7) is 7.13. The average molecular weight is 262 g/mol. The van der Waals surface area contributed by atoms with Crippen molar-refractivity contribution >= 4 is 12.0 Å². The molecule has 1 aliphatic heterocycles. The van der Waals surface area contributed by atoms with Gasteiger partial charge in [-0.3, -0.25) is 9.69 Å². The van der Waals surface area contributed by atoms with E-state index >= 15 is 0 Å². The van der Waals surface area contributed by atoms with E-state index in [9.17, 15) is 4.79 Å². The molecule has 104 valence electrons. The van der Waals surface area contributed by atoms with Crippen LogP contribution in [0, 0.1) is 0 Å². The highest BCUT2D eigenvalue weighted by Gasteiger charge is 2.23. The van der Waals surface area contributed by atoms with Crippen LogP contribution in [-0.4, -0.2) is 57.1 Å². The Morgan fingerprint density at radius 1 is 1.32 bits per heavy atom. The van der Waals surface area contributed by atoms with E-state index in [4.69, 9.17) is 4.74 Å². The maximum atomic E-state index is 10.7. The van der Waals surface area contributed by atoms with E-state index in [2.05, 4.69) is 16.7 Å². The lowest BCUT2D eigenvalue weighted by molar-refractivity contribution is 0.112. The van der Waals surface area contributed by atoms with Gasteiger partial charge in [0, 0.05) is 50.6 Å². The molecular weight excluding hydrogens is 240 g/mol. The number of aldehydes is 1. The zero-order chi connectivity index (χ0) is 13.7. The van der Waals surface area contributed by atoms with Gasteiger partial charge in [-0.15, -0.1) is 0 Å². The van der Waals surface area contributed by atoms with Crippen molar-refractivity contribution in [2.45, 2.75) is 13.0 Å². The monoisotopic (exact) mass is 262 g/mol. The molecule has 1 unspecified atom stereocenters. The summed E-state index contributed by atoms with van der Waals surface area (Å²) in [4.78, 5) is 15.5. The van der Waals surface area contributed by atoms with Gasteiger partial charge in [-0.1, -0.05) is 0 Å².